The van der Waals surface area contributed by atoms with Crippen molar-refractivity contribution in [3.05, 3.63) is 90.0 Å². The van der Waals surface area contributed by atoms with Crippen molar-refractivity contribution < 1.29 is 13.2 Å². The van der Waals surface area contributed by atoms with Gasteiger partial charge in [0.05, 0.1) is 10.6 Å². The average Bonchev–Trinajstić information content (AvgIpc) is 3.29. The highest BCUT2D eigenvalue weighted by Crippen LogP contribution is 2.32. The zero-order chi connectivity index (χ0) is 24.1. The van der Waals surface area contributed by atoms with Gasteiger partial charge >= 0.3 is 0 Å². The number of benzene rings is 3. The van der Waals surface area contributed by atoms with E-state index in [9.17, 15) is 13.2 Å². The summed E-state index contributed by atoms with van der Waals surface area (Å²) in [6, 6.07) is 23.6. The van der Waals surface area contributed by atoms with Crippen molar-refractivity contribution in [1.29, 1.82) is 0 Å². The number of thioether (sulfide) groups is 1. The smallest absolute Gasteiger partial charge is 0.234 e. The molecule has 1 amide bonds. The molecule has 4 rings (SSSR count). The number of rotatable bonds is 8. The van der Waals surface area contributed by atoms with Crippen LogP contribution in [0.4, 0.5) is 5.69 Å². The second-order valence-electron chi connectivity index (χ2n) is 7.75. The number of para-hydroxylation sites is 1. The number of aromatic amines is 1. The van der Waals surface area contributed by atoms with Crippen LogP contribution in [0.3, 0.4) is 0 Å². The molecule has 174 valence electrons. The van der Waals surface area contributed by atoms with Gasteiger partial charge in [0.1, 0.15) is 10.9 Å². The molecule has 0 saturated carbocycles. The summed E-state index contributed by atoms with van der Waals surface area (Å²) in [6.45, 7) is 3.92. The molecule has 0 unspecified atom stereocenters. The highest BCUT2D eigenvalue weighted by atomic mass is 32.2. The lowest BCUT2D eigenvalue weighted by atomic mass is 10.1. The zero-order valence-electron chi connectivity index (χ0n) is 18.9. The maximum atomic E-state index is 13.4. The van der Waals surface area contributed by atoms with Gasteiger partial charge in [0, 0.05) is 11.3 Å². The molecule has 6 nitrogen and oxygen atoms in total. The molecule has 0 atom stereocenters. The quantitative estimate of drug-likeness (QED) is 0.317. The molecule has 8 heteroatoms. The fourth-order valence-electron chi connectivity index (χ4n) is 3.46. The van der Waals surface area contributed by atoms with Crippen molar-refractivity contribution >= 4 is 33.2 Å². The first-order valence-corrected chi connectivity index (χ1v) is 13.3. The van der Waals surface area contributed by atoms with Gasteiger partial charge < -0.3 is 10.3 Å². The standard InChI is InChI=1S/C26H25N3O3S2/c1-3-19-9-7-8-12-22(19)27-23(30)17-33-25-26(29-24(28-25)20-10-5-4-6-11-20)34(31,32)21-15-13-18(2)14-16-21/h4-16H,3,17H2,1-2H3,(H,27,30)(H,28,29). The van der Waals surface area contributed by atoms with Crippen molar-refractivity contribution in [3.8, 4) is 11.4 Å². The topological polar surface area (TPSA) is 91.9 Å². The predicted molar refractivity (Wildman–Crippen MR) is 136 cm³/mol. The van der Waals surface area contributed by atoms with Crippen molar-refractivity contribution in [2.45, 2.75) is 35.2 Å². The van der Waals surface area contributed by atoms with Gasteiger partial charge in [-0.15, -0.1) is 0 Å². The fraction of sp³-hybridized carbons (Fsp3) is 0.154. The summed E-state index contributed by atoms with van der Waals surface area (Å²) < 4.78 is 26.9. The van der Waals surface area contributed by atoms with E-state index in [0.717, 1.165) is 40.6 Å². The van der Waals surface area contributed by atoms with Crippen molar-refractivity contribution in [1.82, 2.24) is 9.97 Å². The van der Waals surface area contributed by atoms with Crippen LogP contribution in [0, 0.1) is 6.92 Å². The Labute approximate surface area is 203 Å². The first-order chi connectivity index (χ1) is 16.4. The van der Waals surface area contributed by atoms with Gasteiger partial charge in [0.2, 0.25) is 15.7 Å². The van der Waals surface area contributed by atoms with E-state index in [1.807, 2.05) is 68.4 Å². The van der Waals surface area contributed by atoms with E-state index in [1.165, 1.54) is 0 Å². The summed E-state index contributed by atoms with van der Waals surface area (Å²) in [7, 11) is -3.86. The van der Waals surface area contributed by atoms with Crippen LogP contribution >= 0.6 is 11.8 Å². The molecular weight excluding hydrogens is 466 g/mol. The minimum atomic E-state index is -3.86. The number of hydrogen-bond acceptors (Lipinski definition) is 5. The molecule has 0 saturated heterocycles. The number of aryl methyl sites for hydroxylation is 2. The molecule has 1 heterocycles. The van der Waals surface area contributed by atoms with E-state index in [2.05, 4.69) is 15.3 Å². The van der Waals surface area contributed by atoms with Crippen LogP contribution < -0.4 is 5.32 Å². The number of amides is 1. The minimum Gasteiger partial charge on any atom is -0.328 e. The molecule has 1 aromatic heterocycles. The Bertz CT molecular complexity index is 1400. The lowest BCUT2D eigenvalue weighted by Gasteiger charge is -2.09. The fourth-order valence-corrected chi connectivity index (χ4v) is 5.88. The molecule has 4 aromatic rings. The lowest BCUT2D eigenvalue weighted by Crippen LogP contribution is -2.15. The SMILES string of the molecule is CCc1ccccc1NC(=O)CSc1nc(-c2ccccc2)[nH]c1S(=O)(=O)c1ccc(C)cc1. The third kappa shape index (κ3) is 5.24. The highest BCUT2D eigenvalue weighted by Gasteiger charge is 2.27. The lowest BCUT2D eigenvalue weighted by molar-refractivity contribution is -0.113. The summed E-state index contributed by atoms with van der Waals surface area (Å²) in [5.41, 5.74) is 3.52. The molecule has 0 aliphatic rings. The maximum absolute atomic E-state index is 13.4. The molecule has 0 aliphatic carbocycles. The Morgan fingerprint density at radius 2 is 1.65 bits per heavy atom. The van der Waals surface area contributed by atoms with Crippen LogP contribution in [0.25, 0.3) is 11.4 Å². The van der Waals surface area contributed by atoms with E-state index < -0.39 is 9.84 Å². The number of nitrogens with zero attached hydrogens (tertiary/aromatic N) is 1. The van der Waals surface area contributed by atoms with Gasteiger partial charge in [-0.2, -0.15) is 0 Å². The zero-order valence-corrected chi connectivity index (χ0v) is 20.5. The third-order valence-electron chi connectivity index (χ3n) is 5.30. The van der Waals surface area contributed by atoms with Gasteiger partial charge in [0.15, 0.2) is 5.03 Å². The predicted octanol–water partition coefficient (Wildman–Crippen LogP) is 5.51. The summed E-state index contributed by atoms with van der Waals surface area (Å²) in [5.74, 6) is 0.229. The Morgan fingerprint density at radius 1 is 0.971 bits per heavy atom. The molecule has 0 spiro atoms. The molecule has 34 heavy (non-hydrogen) atoms. The number of aromatic nitrogens is 2. The van der Waals surface area contributed by atoms with Gasteiger partial charge in [0.25, 0.3) is 0 Å². The number of hydrogen-bond donors (Lipinski definition) is 2. The van der Waals surface area contributed by atoms with Crippen LogP contribution in [-0.2, 0) is 21.1 Å². The molecule has 0 bridgehead atoms. The van der Waals surface area contributed by atoms with E-state index in [0.29, 0.717) is 5.82 Å². The van der Waals surface area contributed by atoms with Gasteiger partial charge in [-0.3, -0.25) is 4.79 Å². The van der Waals surface area contributed by atoms with Gasteiger partial charge in [-0.1, -0.05) is 84.9 Å². The molecule has 3 aromatic carbocycles. The number of H-pyrrole nitrogens is 1. The van der Waals surface area contributed by atoms with Crippen molar-refractivity contribution in [3.63, 3.8) is 0 Å². The van der Waals surface area contributed by atoms with E-state index in [1.54, 1.807) is 24.3 Å². The highest BCUT2D eigenvalue weighted by molar-refractivity contribution is 8.00. The van der Waals surface area contributed by atoms with Crippen molar-refractivity contribution in [2.75, 3.05) is 11.1 Å². The number of carbonyl (C=O) groups is 1. The summed E-state index contributed by atoms with van der Waals surface area (Å²) in [5, 5.41) is 3.17. The second-order valence-corrected chi connectivity index (χ2v) is 10.6. The van der Waals surface area contributed by atoms with Crippen molar-refractivity contribution in [2.24, 2.45) is 0 Å². The Hall–Kier alpha value is -3.36. The first-order valence-electron chi connectivity index (χ1n) is 10.9. The summed E-state index contributed by atoms with van der Waals surface area (Å²) in [6.07, 6.45) is 0.794. The second kappa shape index (κ2) is 10.3. The van der Waals surface area contributed by atoms with Crippen LogP contribution in [0.2, 0.25) is 0 Å². The van der Waals surface area contributed by atoms with Crippen LogP contribution in [0.1, 0.15) is 18.1 Å². The normalized spacial score (nSPS) is 11.4. The number of carbonyl (C=O) groups excluding carboxylic acids is 1. The van der Waals surface area contributed by atoms with E-state index >= 15 is 0 Å². The molecule has 2 N–H and O–H groups in total. The van der Waals surface area contributed by atoms with E-state index in [4.69, 9.17) is 0 Å². The molecule has 0 aliphatic heterocycles. The Morgan fingerprint density at radius 3 is 2.35 bits per heavy atom. The number of sulfone groups is 1. The maximum Gasteiger partial charge on any atom is 0.234 e. The monoisotopic (exact) mass is 491 g/mol. The van der Waals surface area contributed by atoms with Crippen LogP contribution in [0.15, 0.2) is 93.8 Å². The minimum absolute atomic E-state index is 0.0121. The number of nitrogens with one attached hydrogen (secondary N) is 2. The summed E-state index contributed by atoms with van der Waals surface area (Å²) >= 11 is 1.09. The largest absolute Gasteiger partial charge is 0.328 e. The third-order valence-corrected chi connectivity index (χ3v) is 8.13. The van der Waals surface area contributed by atoms with Gasteiger partial charge in [-0.25, -0.2) is 13.4 Å². The van der Waals surface area contributed by atoms with Crippen LogP contribution in [-0.4, -0.2) is 30.0 Å². The summed E-state index contributed by atoms with van der Waals surface area (Å²) in [4.78, 5) is 20.4. The average molecular weight is 492 g/mol. The molecule has 0 radical (unpaired) electrons. The molecular formula is C26H25N3O3S2. The van der Waals surface area contributed by atoms with Crippen LogP contribution in [0.5, 0.6) is 0 Å². The Kier molecular flexibility index (Phi) is 7.19. The Balaban J connectivity index is 1.63. The molecule has 0 fully saturated rings. The van der Waals surface area contributed by atoms with Gasteiger partial charge in [-0.05, 0) is 37.1 Å². The number of imidazole rings is 1. The van der Waals surface area contributed by atoms with E-state index in [-0.39, 0.29) is 26.6 Å². The first kappa shape index (κ1) is 23.8. The number of anilines is 1.